The van der Waals surface area contributed by atoms with Crippen LogP contribution in [-0.2, 0) is 0 Å². The van der Waals surface area contributed by atoms with Crippen LogP contribution in [0.2, 0.25) is 0 Å². The number of fused-ring (bicyclic) bond motifs is 10. The highest BCUT2D eigenvalue weighted by Crippen LogP contribution is 2.42. The lowest BCUT2D eigenvalue weighted by Gasteiger charge is -2.14. The van der Waals surface area contributed by atoms with Gasteiger partial charge in [0.1, 0.15) is 5.82 Å². The van der Waals surface area contributed by atoms with Crippen LogP contribution >= 0.6 is 11.3 Å². The van der Waals surface area contributed by atoms with Crippen molar-refractivity contribution >= 4 is 75.1 Å². The molecule has 0 saturated heterocycles. The van der Waals surface area contributed by atoms with Gasteiger partial charge in [0.2, 0.25) is 0 Å². The van der Waals surface area contributed by atoms with Gasteiger partial charge in [0.05, 0.1) is 27.8 Å². The van der Waals surface area contributed by atoms with Gasteiger partial charge >= 0.3 is 0 Å². The average Bonchev–Trinajstić information content (AvgIpc) is 3.86. The zero-order valence-corrected chi connectivity index (χ0v) is 28.3. The maximum Gasteiger partial charge on any atom is 0.138 e. The first-order valence-corrected chi connectivity index (χ1v) is 18.1. The third-order valence-corrected chi connectivity index (χ3v) is 11.5. The molecular formula is C47H29N3S. The molecule has 51 heavy (non-hydrogen) atoms. The fourth-order valence-electron chi connectivity index (χ4n) is 8.05. The molecule has 0 amide bonds. The second-order valence-electron chi connectivity index (χ2n) is 13.2. The van der Waals surface area contributed by atoms with E-state index in [-0.39, 0.29) is 0 Å². The molecule has 0 N–H and O–H groups in total. The predicted molar refractivity (Wildman–Crippen MR) is 217 cm³/mol. The van der Waals surface area contributed by atoms with Crippen LogP contribution in [0.25, 0.3) is 97.7 Å². The van der Waals surface area contributed by atoms with E-state index in [1.54, 1.807) is 0 Å². The van der Waals surface area contributed by atoms with Crippen molar-refractivity contribution in [3.05, 3.63) is 176 Å². The maximum atomic E-state index is 5.30. The molecule has 238 valence electrons. The van der Waals surface area contributed by atoms with Gasteiger partial charge in [-0.2, -0.15) is 0 Å². The standard InChI is InChI=1S/C47H29N3S/c1-2-12-30(13-3-1)40-19-11-23-45(48-40)50-42-21-8-5-17-35(42)38-26-25-37-34-16-4-7-20-41(34)49(46(37)47(38)50)33-15-10-14-31(28-33)32-24-27-44-39(29-32)36-18-6-9-22-43(36)51-44/h1-29H. The summed E-state index contributed by atoms with van der Waals surface area (Å²) in [6.45, 7) is 0. The highest BCUT2D eigenvalue weighted by atomic mass is 32.1. The van der Waals surface area contributed by atoms with Gasteiger partial charge in [-0.3, -0.25) is 4.57 Å². The Balaban J connectivity index is 1.21. The molecule has 0 fully saturated rings. The van der Waals surface area contributed by atoms with Gasteiger partial charge in [-0.05, 0) is 65.7 Å². The Kier molecular flexibility index (Phi) is 6.12. The van der Waals surface area contributed by atoms with E-state index in [2.05, 4.69) is 179 Å². The molecule has 0 saturated carbocycles. The highest BCUT2D eigenvalue weighted by Gasteiger charge is 2.22. The Bertz CT molecular complexity index is 3140. The topological polar surface area (TPSA) is 22.8 Å². The summed E-state index contributed by atoms with van der Waals surface area (Å²) in [6, 6.07) is 63.6. The Hall–Kier alpha value is -6.49. The second kappa shape index (κ2) is 11.0. The van der Waals surface area contributed by atoms with Gasteiger partial charge in [0.15, 0.2) is 0 Å². The molecule has 4 heteroatoms. The fraction of sp³-hybridized carbons (Fsp3) is 0. The molecule has 11 rings (SSSR count). The molecule has 0 atom stereocenters. The van der Waals surface area contributed by atoms with Crippen LogP contribution in [0, 0.1) is 0 Å². The molecule has 7 aromatic carbocycles. The Morgan fingerprint density at radius 1 is 0.373 bits per heavy atom. The summed E-state index contributed by atoms with van der Waals surface area (Å²) in [5.74, 6) is 0.900. The normalized spacial score (nSPS) is 11.9. The SMILES string of the molecule is c1ccc(-c2cccc(-n3c4ccccc4c4ccc5c6ccccc6n(-c6cccc(-c7ccc8sc9ccccc9c8c7)c6)c5c43)n2)cc1. The van der Waals surface area contributed by atoms with Crippen LogP contribution in [0.1, 0.15) is 0 Å². The lowest BCUT2D eigenvalue weighted by molar-refractivity contribution is 1.08. The molecule has 0 aliphatic rings. The van der Waals surface area contributed by atoms with Crippen LogP contribution in [0.3, 0.4) is 0 Å². The van der Waals surface area contributed by atoms with E-state index in [9.17, 15) is 0 Å². The molecule has 0 aliphatic heterocycles. The summed E-state index contributed by atoms with van der Waals surface area (Å²) in [6.07, 6.45) is 0. The van der Waals surface area contributed by atoms with Crippen LogP contribution in [-0.4, -0.2) is 14.1 Å². The van der Waals surface area contributed by atoms with Gasteiger partial charge in [-0.25, -0.2) is 4.98 Å². The molecule has 0 bridgehead atoms. The number of hydrogen-bond acceptors (Lipinski definition) is 2. The number of hydrogen-bond donors (Lipinski definition) is 0. The molecular weight excluding hydrogens is 639 g/mol. The summed E-state index contributed by atoms with van der Waals surface area (Å²) in [4.78, 5) is 5.30. The number of para-hydroxylation sites is 2. The van der Waals surface area contributed by atoms with E-state index >= 15 is 0 Å². The second-order valence-corrected chi connectivity index (χ2v) is 14.3. The molecule has 11 aromatic rings. The van der Waals surface area contributed by atoms with Crippen molar-refractivity contribution in [3.8, 4) is 33.9 Å². The largest absolute Gasteiger partial charge is 0.307 e. The van der Waals surface area contributed by atoms with Crippen LogP contribution in [0.4, 0.5) is 0 Å². The van der Waals surface area contributed by atoms with Crippen LogP contribution in [0.5, 0.6) is 0 Å². The third kappa shape index (κ3) is 4.27. The van der Waals surface area contributed by atoms with Gasteiger partial charge in [-0.15, -0.1) is 11.3 Å². The van der Waals surface area contributed by atoms with Gasteiger partial charge in [0, 0.05) is 53.0 Å². The van der Waals surface area contributed by atoms with Crippen molar-refractivity contribution in [2.24, 2.45) is 0 Å². The monoisotopic (exact) mass is 667 g/mol. The summed E-state index contributed by atoms with van der Waals surface area (Å²) in [5.41, 5.74) is 10.2. The van der Waals surface area contributed by atoms with E-state index in [1.165, 1.54) is 63.9 Å². The van der Waals surface area contributed by atoms with E-state index in [4.69, 9.17) is 4.98 Å². The number of pyridine rings is 1. The Labute approximate surface area is 297 Å². The molecule has 0 unspecified atom stereocenters. The molecule has 4 aromatic heterocycles. The highest BCUT2D eigenvalue weighted by molar-refractivity contribution is 7.25. The maximum absolute atomic E-state index is 5.30. The third-order valence-electron chi connectivity index (χ3n) is 10.3. The van der Waals surface area contributed by atoms with Crippen molar-refractivity contribution in [3.63, 3.8) is 0 Å². The van der Waals surface area contributed by atoms with E-state index in [0.717, 1.165) is 33.8 Å². The van der Waals surface area contributed by atoms with E-state index in [0.29, 0.717) is 0 Å². The number of nitrogens with zero attached hydrogens (tertiary/aromatic N) is 3. The zero-order chi connectivity index (χ0) is 33.5. The quantitative estimate of drug-likeness (QED) is 0.183. The first-order chi connectivity index (χ1) is 25.3. The van der Waals surface area contributed by atoms with Crippen LogP contribution in [0.15, 0.2) is 176 Å². The number of thiophene rings is 1. The number of aromatic nitrogens is 3. The van der Waals surface area contributed by atoms with E-state index in [1.807, 2.05) is 17.4 Å². The van der Waals surface area contributed by atoms with Crippen molar-refractivity contribution in [2.75, 3.05) is 0 Å². The Morgan fingerprint density at radius 2 is 0.980 bits per heavy atom. The number of rotatable bonds is 4. The Morgan fingerprint density at radius 3 is 1.78 bits per heavy atom. The van der Waals surface area contributed by atoms with Gasteiger partial charge in [0.25, 0.3) is 0 Å². The fourth-order valence-corrected chi connectivity index (χ4v) is 9.14. The molecule has 3 nitrogen and oxygen atoms in total. The lowest BCUT2D eigenvalue weighted by atomic mass is 10.0. The molecule has 4 heterocycles. The van der Waals surface area contributed by atoms with Crippen molar-refractivity contribution in [2.45, 2.75) is 0 Å². The summed E-state index contributed by atoms with van der Waals surface area (Å²) < 4.78 is 7.48. The van der Waals surface area contributed by atoms with Crippen LogP contribution < -0.4 is 0 Å². The van der Waals surface area contributed by atoms with E-state index < -0.39 is 0 Å². The van der Waals surface area contributed by atoms with Crippen molar-refractivity contribution in [1.82, 2.24) is 14.1 Å². The first kappa shape index (κ1) is 28.4. The molecule has 0 spiro atoms. The smallest absolute Gasteiger partial charge is 0.138 e. The van der Waals surface area contributed by atoms with Gasteiger partial charge < -0.3 is 4.57 Å². The zero-order valence-electron chi connectivity index (χ0n) is 27.5. The van der Waals surface area contributed by atoms with Crippen molar-refractivity contribution in [1.29, 1.82) is 0 Å². The average molecular weight is 668 g/mol. The van der Waals surface area contributed by atoms with Crippen molar-refractivity contribution < 1.29 is 0 Å². The number of benzene rings is 7. The summed E-state index contributed by atoms with van der Waals surface area (Å²) >= 11 is 1.86. The predicted octanol–water partition coefficient (Wildman–Crippen LogP) is 13.0. The minimum atomic E-state index is 0.900. The summed E-state index contributed by atoms with van der Waals surface area (Å²) in [7, 11) is 0. The molecule has 0 aliphatic carbocycles. The molecule has 0 radical (unpaired) electrons. The summed E-state index contributed by atoms with van der Waals surface area (Å²) in [5, 5.41) is 7.50. The first-order valence-electron chi connectivity index (χ1n) is 17.3. The lowest BCUT2D eigenvalue weighted by Crippen LogP contribution is -2.01. The minimum absolute atomic E-state index is 0.900. The van der Waals surface area contributed by atoms with Gasteiger partial charge in [-0.1, -0.05) is 121 Å². The minimum Gasteiger partial charge on any atom is -0.307 e.